The highest BCUT2D eigenvalue weighted by Crippen LogP contribution is 2.33. The third kappa shape index (κ3) is 2.91. The van der Waals surface area contributed by atoms with Gasteiger partial charge in [-0.15, -0.1) is 10.2 Å². The van der Waals surface area contributed by atoms with Crippen molar-refractivity contribution < 1.29 is 23.8 Å². The maximum absolute atomic E-state index is 10.9. The van der Waals surface area contributed by atoms with E-state index in [1.54, 1.807) is 44.6 Å². The molecule has 0 saturated carbocycles. The van der Waals surface area contributed by atoms with Crippen molar-refractivity contribution in [2.75, 3.05) is 14.2 Å². The lowest BCUT2D eigenvalue weighted by atomic mass is 10.1. The molecule has 2 aromatic carbocycles. The molecule has 1 aromatic heterocycles. The van der Waals surface area contributed by atoms with Crippen LogP contribution in [-0.4, -0.2) is 35.5 Å². The van der Waals surface area contributed by atoms with E-state index in [0.717, 1.165) is 0 Å². The summed E-state index contributed by atoms with van der Waals surface area (Å²) in [7, 11) is 3.11. The largest absolute Gasteiger partial charge is 0.497 e. The highest BCUT2D eigenvalue weighted by Gasteiger charge is 2.16. The summed E-state index contributed by atoms with van der Waals surface area (Å²) in [5, 5.41) is 17.0. The predicted octanol–water partition coefficient (Wildman–Crippen LogP) is 3.12. The number of benzene rings is 2. The van der Waals surface area contributed by atoms with Gasteiger partial charge in [0.25, 0.3) is 5.89 Å². The average molecular weight is 326 g/mol. The molecule has 0 saturated heterocycles. The summed E-state index contributed by atoms with van der Waals surface area (Å²) in [6.45, 7) is 0. The molecular formula is C17H14N2O5. The van der Waals surface area contributed by atoms with Crippen molar-refractivity contribution in [2.24, 2.45) is 0 Å². The van der Waals surface area contributed by atoms with E-state index in [9.17, 15) is 4.79 Å². The van der Waals surface area contributed by atoms with Gasteiger partial charge in [0.05, 0.1) is 25.3 Å². The molecule has 0 spiro atoms. The molecule has 0 fully saturated rings. The Bertz CT molecular complexity index is 871. The van der Waals surface area contributed by atoms with E-state index in [2.05, 4.69) is 10.2 Å². The van der Waals surface area contributed by atoms with E-state index in [4.69, 9.17) is 19.0 Å². The molecule has 0 bridgehead atoms. The highest BCUT2D eigenvalue weighted by atomic mass is 16.5. The first-order valence-electron chi connectivity index (χ1n) is 7.02. The van der Waals surface area contributed by atoms with Gasteiger partial charge in [0.2, 0.25) is 5.89 Å². The minimum Gasteiger partial charge on any atom is -0.497 e. The number of methoxy groups -OCH3 is 2. The molecule has 122 valence electrons. The zero-order valence-corrected chi connectivity index (χ0v) is 13.0. The van der Waals surface area contributed by atoms with E-state index in [-0.39, 0.29) is 17.3 Å². The maximum Gasteiger partial charge on any atom is 0.335 e. The Hall–Kier alpha value is -3.35. The zero-order valence-electron chi connectivity index (χ0n) is 13.0. The molecule has 7 heteroatoms. The van der Waals surface area contributed by atoms with Crippen LogP contribution < -0.4 is 9.47 Å². The number of ether oxygens (including phenoxy) is 2. The van der Waals surface area contributed by atoms with E-state index in [1.807, 2.05) is 0 Å². The molecule has 0 unspecified atom stereocenters. The number of carbonyl (C=O) groups is 1. The number of carboxylic acids is 1. The van der Waals surface area contributed by atoms with Crippen molar-refractivity contribution >= 4 is 5.97 Å². The molecule has 3 rings (SSSR count). The second kappa shape index (κ2) is 6.41. The summed E-state index contributed by atoms with van der Waals surface area (Å²) in [4.78, 5) is 10.9. The smallest absolute Gasteiger partial charge is 0.335 e. The van der Waals surface area contributed by atoms with Crippen LogP contribution in [0.4, 0.5) is 0 Å². The molecule has 7 nitrogen and oxygen atoms in total. The number of hydrogen-bond acceptors (Lipinski definition) is 6. The number of nitrogens with zero attached hydrogens (tertiary/aromatic N) is 2. The van der Waals surface area contributed by atoms with E-state index in [0.29, 0.717) is 22.6 Å². The first-order valence-corrected chi connectivity index (χ1v) is 7.02. The molecular weight excluding hydrogens is 312 g/mol. The number of aromatic nitrogens is 2. The van der Waals surface area contributed by atoms with Gasteiger partial charge < -0.3 is 19.0 Å². The first kappa shape index (κ1) is 15.5. The molecule has 24 heavy (non-hydrogen) atoms. The summed E-state index contributed by atoms with van der Waals surface area (Å²) in [5.41, 5.74) is 1.42. The standard InChI is InChI=1S/C17H14N2O5/c1-22-12-7-8-14(23-2)13(9-12)16-19-18-15(24-16)10-3-5-11(6-4-10)17(20)21/h3-9H,1-2H3,(H,20,21). The second-order valence-corrected chi connectivity index (χ2v) is 4.86. The number of rotatable bonds is 5. The first-order chi connectivity index (χ1) is 11.6. The Balaban J connectivity index is 1.97. The Morgan fingerprint density at radius 3 is 2.33 bits per heavy atom. The topological polar surface area (TPSA) is 94.7 Å². The molecule has 3 aromatic rings. The fourth-order valence-corrected chi connectivity index (χ4v) is 2.19. The van der Waals surface area contributed by atoms with Gasteiger partial charge >= 0.3 is 5.97 Å². The van der Waals surface area contributed by atoms with Gasteiger partial charge in [-0.2, -0.15) is 0 Å². The van der Waals surface area contributed by atoms with Crippen LogP contribution in [0, 0.1) is 0 Å². The minimum absolute atomic E-state index is 0.188. The minimum atomic E-state index is -0.992. The number of carboxylic acid groups (broad SMARTS) is 1. The molecule has 0 radical (unpaired) electrons. The van der Waals surface area contributed by atoms with Crippen LogP contribution in [-0.2, 0) is 0 Å². The van der Waals surface area contributed by atoms with Crippen molar-refractivity contribution in [3.05, 3.63) is 48.0 Å². The second-order valence-electron chi connectivity index (χ2n) is 4.86. The van der Waals surface area contributed by atoms with Crippen LogP contribution >= 0.6 is 0 Å². The van der Waals surface area contributed by atoms with E-state index < -0.39 is 5.97 Å². The molecule has 0 aliphatic heterocycles. The van der Waals surface area contributed by atoms with Crippen molar-refractivity contribution in [3.8, 4) is 34.4 Å². The Morgan fingerprint density at radius 1 is 1.00 bits per heavy atom. The lowest BCUT2D eigenvalue weighted by molar-refractivity contribution is 0.0697. The summed E-state index contributed by atoms with van der Waals surface area (Å²) in [6.07, 6.45) is 0. The van der Waals surface area contributed by atoms with Gasteiger partial charge in [-0.25, -0.2) is 4.79 Å². The monoisotopic (exact) mass is 326 g/mol. The van der Waals surface area contributed by atoms with Crippen LogP contribution in [0.2, 0.25) is 0 Å². The lowest BCUT2D eigenvalue weighted by Crippen LogP contribution is -1.94. The van der Waals surface area contributed by atoms with Crippen LogP contribution in [0.5, 0.6) is 11.5 Å². The van der Waals surface area contributed by atoms with E-state index in [1.165, 1.54) is 12.1 Å². The summed E-state index contributed by atoms with van der Waals surface area (Å²) < 4.78 is 16.2. The van der Waals surface area contributed by atoms with Crippen molar-refractivity contribution in [3.63, 3.8) is 0 Å². The fraction of sp³-hybridized carbons (Fsp3) is 0.118. The summed E-state index contributed by atoms with van der Waals surface area (Å²) in [5.74, 6) is 0.785. The third-order valence-electron chi connectivity index (χ3n) is 3.44. The Labute approximate surface area is 137 Å². The summed E-state index contributed by atoms with van der Waals surface area (Å²) in [6, 6.07) is 11.4. The van der Waals surface area contributed by atoms with Crippen molar-refractivity contribution in [1.82, 2.24) is 10.2 Å². The third-order valence-corrected chi connectivity index (χ3v) is 3.44. The van der Waals surface area contributed by atoms with Gasteiger partial charge in [-0.3, -0.25) is 0 Å². The molecule has 0 aliphatic carbocycles. The van der Waals surface area contributed by atoms with Crippen LogP contribution in [0.1, 0.15) is 10.4 Å². The molecule has 0 amide bonds. The van der Waals surface area contributed by atoms with Gasteiger partial charge in [0.15, 0.2) is 0 Å². The van der Waals surface area contributed by atoms with Crippen molar-refractivity contribution in [1.29, 1.82) is 0 Å². The van der Waals surface area contributed by atoms with Gasteiger partial charge in [-0.1, -0.05) is 0 Å². The zero-order chi connectivity index (χ0) is 17.1. The quantitative estimate of drug-likeness (QED) is 0.769. The van der Waals surface area contributed by atoms with Gasteiger partial charge in [-0.05, 0) is 42.5 Å². The van der Waals surface area contributed by atoms with Gasteiger partial charge in [0, 0.05) is 5.56 Å². The number of aromatic carboxylic acids is 1. The molecule has 0 aliphatic rings. The fourth-order valence-electron chi connectivity index (χ4n) is 2.19. The molecule has 0 atom stereocenters. The normalized spacial score (nSPS) is 10.4. The Morgan fingerprint density at radius 2 is 1.71 bits per heavy atom. The maximum atomic E-state index is 10.9. The number of hydrogen-bond donors (Lipinski definition) is 1. The lowest BCUT2D eigenvalue weighted by Gasteiger charge is -2.07. The van der Waals surface area contributed by atoms with E-state index >= 15 is 0 Å². The van der Waals surface area contributed by atoms with Crippen LogP contribution in [0.25, 0.3) is 22.9 Å². The molecule has 1 N–H and O–H groups in total. The predicted molar refractivity (Wildman–Crippen MR) is 85.2 cm³/mol. The SMILES string of the molecule is COc1ccc(OC)c(-c2nnc(-c3ccc(C(=O)O)cc3)o2)c1. The average Bonchev–Trinajstić information content (AvgIpc) is 3.11. The summed E-state index contributed by atoms with van der Waals surface area (Å²) >= 11 is 0. The van der Waals surface area contributed by atoms with Crippen molar-refractivity contribution in [2.45, 2.75) is 0 Å². The Kier molecular flexibility index (Phi) is 4.15. The van der Waals surface area contributed by atoms with Crippen LogP contribution in [0.15, 0.2) is 46.9 Å². The highest BCUT2D eigenvalue weighted by molar-refractivity contribution is 5.88. The molecule has 1 heterocycles. The van der Waals surface area contributed by atoms with Gasteiger partial charge in [0.1, 0.15) is 11.5 Å². The van der Waals surface area contributed by atoms with Crippen LogP contribution in [0.3, 0.4) is 0 Å².